The van der Waals surface area contributed by atoms with Gasteiger partial charge in [-0.25, -0.2) is 4.98 Å². The Morgan fingerprint density at radius 1 is 0.500 bits per heavy atom. The van der Waals surface area contributed by atoms with Crippen molar-refractivity contribution in [2.24, 2.45) is 0 Å². The summed E-state index contributed by atoms with van der Waals surface area (Å²) >= 11 is 0. The number of aromatic nitrogens is 3. The Morgan fingerprint density at radius 2 is 1.25 bits per heavy atom. The molecule has 36 heavy (non-hydrogen) atoms. The van der Waals surface area contributed by atoms with E-state index in [4.69, 9.17) is 4.98 Å². The van der Waals surface area contributed by atoms with Gasteiger partial charge < -0.3 is 4.98 Å². The molecular weight excluding hydrogens is 438 g/mol. The van der Waals surface area contributed by atoms with Crippen LogP contribution in [-0.2, 0) is 0 Å². The van der Waals surface area contributed by atoms with Crippen LogP contribution in [0, 0.1) is 0 Å². The van der Waals surface area contributed by atoms with Crippen molar-refractivity contribution < 1.29 is 0 Å². The molecule has 3 aromatic heterocycles. The number of fused-ring (bicyclic) bond motifs is 7. The molecule has 3 heterocycles. The molecule has 0 aliphatic rings. The van der Waals surface area contributed by atoms with Crippen molar-refractivity contribution in [3.8, 4) is 17.1 Å². The fraction of sp³-hybridized carbons (Fsp3) is 0. The summed E-state index contributed by atoms with van der Waals surface area (Å²) in [7, 11) is 0. The lowest BCUT2D eigenvalue weighted by molar-refractivity contribution is 1.08. The normalized spacial score (nSPS) is 11.9. The van der Waals surface area contributed by atoms with Crippen LogP contribution in [0.3, 0.4) is 0 Å². The lowest BCUT2D eigenvalue weighted by atomic mass is 10.0. The van der Waals surface area contributed by atoms with Crippen molar-refractivity contribution in [3.63, 3.8) is 0 Å². The summed E-state index contributed by atoms with van der Waals surface area (Å²) in [5.41, 5.74) is 6.75. The second-order valence-electron chi connectivity index (χ2n) is 9.38. The number of rotatable bonds is 2. The predicted molar refractivity (Wildman–Crippen MR) is 151 cm³/mol. The molecule has 0 unspecified atom stereocenters. The van der Waals surface area contributed by atoms with Crippen LogP contribution in [0.4, 0.5) is 0 Å². The van der Waals surface area contributed by atoms with Crippen LogP contribution in [0.2, 0.25) is 0 Å². The average molecular weight is 460 g/mol. The number of hydrogen-bond acceptors (Lipinski definition) is 1. The van der Waals surface area contributed by atoms with E-state index in [9.17, 15) is 0 Å². The third kappa shape index (κ3) is 2.77. The van der Waals surface area contributed by atoms with E-state index in [1.165, 1.54) is 37.8 Å². The number of aromatic amines is 1. The summed E-state index contributed by atoms with van der Waals surface area (Å²) in [6.45, 7) is 0. The van der Waals surface area contributed by atoms with Crippen molar-refractivity contribution in [3.05, 3.63) is 121 Å². The highest BCUT2D eigenvalue weighted by Crippen LogP contribution is 2.37. The number of hydrogen-bond donors (Lipinski definition) is 1. The zero-order chi connectivity index (χ0) is 23.6. The van der Waals surface area contributed by atoms with Gasteiger partial charge in [0, 0.05) is 38.1 Å². The molecule has 5 aromatic carbocycles. The summed E-state index contributed by atoms with van der Waals surface area (Å²) in [4.78, 5) is 8.70. The largest absolute Gasteiger partial charge is 0.354 e. The van der Waals surface area contributed by atoms with Crippen LogP contribution in [0.5, 0.6) is 0 Å². The Hall–Kier alpha value is -4.89. The van der Waals surface area contributed by atoms with Gasteiger partial charge in [0.05, 0.1) is 16.7 Å². The van der Waals surface area contributed by atoms with E-state index in [-0.39, 0.29) is 0 Å². The molecule has 0 radical (unpaired) electrons. The van der Waals surface area contributed by atoms with E-state index >= 15 is 0 Å². The zero-order valence-electron chi connectivity index (χ0n) is 19.4. The highest BCUT2D eigenvalue weighted by Gasteiger charge is 2.15. The van der Waals surface area contributed by atoms with E-state index in [0.717, 1.165) is 33.6 Å². The molecular formula is C33H21N3. The molecule has 8 aromatic rings. The molecule has 0 bridgehead atoms. The Bertz CT molecular complexity index is 2100. The lowest BCUT2D eigenvalue weighted by Gasteiger charge is -2.10. The Labute approximate surface area is 207 Å². The van der Waals surface area contributed by atoms with E-state index < -0.39 is 0 Å². The standard InChI is InChI=1S/C33H21N3/c1-2-9-21(10-3-1)28-14-8-16-33(35-28)36-31-15-7-5-12-25(31)27-18-22-17-26-24-11-4-6-13-29(24)34-30(26)19-23(22)20-32(27)36/h1-20,34H. The maximum atomic E-state index is 5.10. The number of nitrogens with zero attached hydrogens (tertiary/aromatic N) is 2. The van der Waals surface area contributed by atoms with Gasteiger partial charge in [0.15, 0.2) is 0 Å². The molecule has 0 aliphatic carbocycles. The Morgan fingerprint density at radius 3 is 2.17 bits per heavy atom. The Balaban J connectivity index is 1.44. The molecule has 1 N–H and O–H groups in total. The minimum Gasteiger partial charge on any atom is -0.354 e. The van der Waals surface area contributed by atoms with E-state index in [2.05, 4.69) is 125 Å². The van der Waals surface area contributed by atoms with Crippen molar-refractivity contribution in [2.75, 3.05) is 0 Å². The Kier molecular flexibility index (Phi) is 3.94. The lowest BCUT2D eigenvalue weighted by Crippen LogP contribution is -1.98. The summed E-state index contributed by atoms with van der Waals surface area (Å²) in [5.74, 6) is 0.925. The number of benzene rings is 5. The third-order valence-electron chi connectivity index (χ3n) is 7.29. The fourth-order valence-electron chi connectivity index (χ4n) is 5.63. The van der Waals surface area contributed by atoms with Crippen LogP contribution in [0.25, 0.3) is 71.5 Å². The van der Waals surface area contributed by atoms with Gasteiger partial charge >= 0.3 is 0 Å². The molecule has 3 heteroatoms. The monoisotopic (exact) mass is 459 g/mol. The summed E-state index contributed by atoms with van der Waals surface area (Å²) in [6, 6.07) is 43.0. The SMILES string of the molecule is c1ccc(-c2cccc(-n3c4ccccc4c4cc5cc6c(cc5cc43)[nH]c3ccccc36)n2)cc1. The van der Waals surface area contributed by atoms with Crippen LogP contribution in [0.1, 0.15) is 0 Å². The highest BCUT2D eigenvalue weighted by atomic mass is 15.1. The first kappa shape index (κ1) is 19.4. The summed E-state index contributed by atoms with van der Waals surface area (Å²) < 4.78 is 2.30. The molecule has 0 spiro atoms. The van der Waals surface area contributed by atoms with Gasteiger partial charge in [0.2, 0.25) is 0 Å². The maximum Gasteiger partial charge on any atom is 0.138 e. The number of pyridine rings is 1. The first-order valence-electron chi connectivity index (χ1n) is 12.2. The number of para-hydroxylation sites is 2. The maximum absolute atomic E-state index is 5.10. The summed E-state index contributed by atoms with van der Waals surface area (Å²) in [6.07, 6.45) is 0. The minimum atomic E-state index is 0.925. The van der Waals surface area contributed by atoms with Crippen LogP contribution < -0.4 is 0 Å². The molecule has 0 saturated heterocycles. The van der Waals surface area contributed by atoms with Crippen molar-refractivity contribution in [1.29, 1.82) is 0 Å². The van der Waals surface area contributed by atoms with Gasteiger partial charge in [-0.3, -0.25) is 4.57 Å². The van der Waals surface area contributed by atoms with Crippen molar-refractivity contribution in [2.45, 2.75) is 0 Å². The number of H-pyrrole nitrogens is 1. The topological polar surface area (TPSA) is 33.6 Å². The van der Waals surface area contributed by atoms with Crippen molar-refractivity contribution in [1.82, 2.24) is 14.5 Å². The fourth-order valence-corrected chi connectivity index (χ4v) is 5.63. The van der Waals surface area contributed by atoms with E-state index in [0.29, 0.717) is 0 Å². The van der Waals surface area contributed by atoms with E-state index in [1.54, 1.807) is 0 Å². The summed E-state index contributed by atoms with van der Waals surface area (Å²) in [5, 5.41) is 7.46. The van der Waals surface area contributed by atoms with Crippen LogP contribution in [0.15, 0.2) is 121 Å². The van der Waals surface area contributed by atoms with E-state index in [1.807, 2.05) is 6.07 Å². The molecule has 0 fully saturated rings. The zero-order valence-corrected chi connectivity index (χ0v) is 19.4. The second kappa shape index (κ2) is 7.30. The molecule has 0 aliphatic heterocycles. The average Bonchev–Trinajstić information content (AvgIpc) is 3.46. The first-order valence-corrected chi connectivity index (χ1v) is 12.2. The number of nitrogens with one attached hydrogen (secondary N) is 1. The second-order valence-corrected chi connectivity index (χ2v) is 9.38. The van der Waals surface area contributed by atoms with Gasteiger partial charge in [-0.15, -0.1) is 0 Å². The van der Waals surface area contributed by atoms with Gasteiger partial charge in [-0.05, 0) is 59.3 Å². The molecule has 0 atom stereocenters. The molecule has 3 nitrogen and oxygen atoms in total. The van der Waals surface area contributed by atoms with Crippen LogP contribution in [-0.4, -0.2) is 14.5 Å². The molecule has 8 rings (SSSR count). The molecule has 0 amide bonds. The molecule has 168 valence electrons. The first-order chi connectivity index (χ1) is 17.8. The van der Waals surface area contributed by atoms with Gasteiger partial charge in [0.1, 0.15) is 5.82 Å². The van der Waals surface area contributed by atoms with Gasteiger partial charge in [0.25, 0.3) is 0 Å². The van der Waals surface area contributed by atoms with Crippen LogP contribution >= 0.6 is 0 Å². The quantitative estimate of drug-likeness (QED) is 0.276. The van der Waals surface area contributed by atoms with Gasteiger partial charge in [-0.1, -0.05) is 72.8 Å². The van der Waals surface area contributed by atoms with Gasteiger partial charge in [-0.2, -0.15) is 0 Å². The van der Waals surface area contributed by atoms with Crippen molar-refractivity contribution >= 4 is 54.4 Å². The molecule has 0 saturated carbocycles. The smallest absolute Gasteiger partial charge is 0.138 e. The predicted octanol–water partition coefficient (Wildman–Crippen LogP) is 8.63. The highest BCUT2D eigenvalue weighted by molar-refractivity contribution is 6.17. The third-order valence-corrected chi connectivity index (χ3v) is 7.29. The minimum absolute atomic E-state index is 0.925.